The molecular formula is C32H19Cl4NO4. The minimum Gasteiger partial charge on any atom is -0.457 e. The van der Waals surface area contributed by atoms with Crippen molar-refractivity contribution in [2.75, 3.05) is 4.90 Å². The first-order valence-electron chi connectivity index (χ1n) is 12.8. The van der Waals surface area contributed by atoms with Gasteiger partial charge in [-0.1, -0.05) is 83.9 Å². The van der Waals surface area contributed by atoms with Crippen molar-refractivity contribution < 1.29 is 19.1 Å². The zero-order valence-corrected chi connectivity index (χ0v) is 24.1. The van der Waals surface area contributed by atoms with Crippen molar-refractivity contribution in [3.63, 3.8) is 0 Å². The molecule has 5 nitrogen and oxygen atoms in total. The van der Waals surface area contributed by atoms with Gasteiger partial charge in [0.25, 0.3) is 0 Å². The highest BCUT2D eigenvalue weighted by Crippen LogP contribution is 2.69. The molecule has 1 heterocycles. The van der Waals surface area contributed by atoms with E-state index in [1.54, 1.807) is 36.4 Å². The van der Waals surface area contributed by atoms with Crippen LogP contribution in [0.3, 0.4) is 0 Å². The lowest BCUT2D eigenvalue weighted by Crippen LogP contribution is -2.57. The molecule has 0 spiro atoms. The second-order valence-electron chi connectivity index (χ2n) is 10.3. The number of alkyl halides is 2. The fourth-order valence-electron chi connectivity index (χ4n) is 6.56. The topological polar surface area (TPSA) is 63.7 Å². The van der Waals surface area contributed by atoms with Crippen LogP contribution in [0.4, 0.5) is 5.69 Å². The number of benzene rings is 4. The number of rotatable bonds is 4. The van der Waals surface area contributed by atoms with Crippen molar-refractivity contribution in [1.82, 2.24) is 0 Å². The number of carbonyl (C=O) groups is 3. The number of esters is 1. The summed E-state index contributed by atoms with van der Waals surface area (Å²) in [6.07, 6.45) is 0. The Morgan fingerprint density at radius 3 is 1.78 bits per heavy atom. The van der Waals surface area contributed by atoms with E-state index in [1.165, 1.54) is 6.07 Å². The molecule has 2 atom stereocenters. The van der Waals surface area contributed by atoms with Gasteiger partial charge in [-0.2, -0.15) is 0 Å². The van der Waals surface area contributed by atoms with Gasteiger partial charge in [-0.3, -0.25) is 9.59 Å². The molecule has 204 valence electrons. The van der Waals surface area contributed by atoms with E-state index in [4.69, 9.17) is 51.1 Å². The average Bonchev–Trinajstić information content (AvgIpc) is 3.26. The van der Waals surface area contributed by atoms with Gasteiger partial charge in [-0.25, -0.2) is 9.69 Å². The van der Waals surface area contributed by atoms with Gasteiger partial charge in [0.1, 0.15) is 16.4 Å². The molecule has 0 aromatic heterocycles. The second kappa shape index (κ2) is 9.33. The molecule has 0 N–H and O–H groups in total. The van der Waals surface area contributed by atoms with E-state index in [0.29, 0.717) is 15.6 Å². The molecule has 0 unspecified atom stereocenters. The Bertz CT molecular complexity index is 1680. The minimum atomic E-state index is -1.29. The first-order chi connectivity index (χ1) is 19.7. The molecule has 0 radical (unpaired) electrons. The number of anilines is 1. The number of halogens is 4. The van der Waals surface area contributed by atoms with Crippen LogP contribution in [0, 0.1) is 11.8 Å². The Kier molecular flexibility index (Phi) is 6.04. The van der Waals surface area contributed by atoms with Gasteiger partial charge < -0.3 is 4.74 Å². The second-order valence-corrected chi connectivity index (χ2v) is 12.4. The molecule has 8 rings (SSSR count). The fourth-order valence-corrected chi connectivity index (χ4v) is 8.12. The Hall–Kier alpha value is -3.35. The largest absolute Gasteiger partial charge is 0.457 e. The molecule has 41 heavy (non-hydrogen) atoms. The highest BCUT2D eigenvalue weighted by atomic mass is 35.5. The molecule has 4 aliphatic rings. The Balaban J connectivity index is 1.26. The predicted octanol–water partition coefficient (Wildman–Crippen LogP) is 7.45. The Morgan fingerprint density at radius 1 is 0.732 bits per heavy atom. The molecule has 1 fully saturated rings. The van der Waals surface area contributed by atoms with Gasteiger partial charge in [0, 0.05) is 15.6 Å². The molecule has 2 bridgehead atoms. The Labute approximate surface area is 255 Å². The van der Waals surface area contributed by atoms with Crippen molar-refractivity contribution in [3.8, 4) is 0 Å². The maximum Gasteiger partial charge on any atom is 0.338 e. The van der Waals surface area contributed by atoms with Crippen LogP contribution in [0.15, 0.2) is 91.0 Å². The third-order valence-electron chi connectivity index (χ3n) is 8.30. The van der Waals surface area contributed by atoms with E-state index in [0.717, 1.165) is 27.2 Å². The summed E-state index contributed by atoms with van der Waals surface area (Å²) in [5, 5.41) is 0.840. The minimum absolute atomic E-state index is 0.0785. The summed E-state index contributed by atoms with van der Waals surface area (Å²) in [4.78, 5) is 39.9. The molecule has 4 aromatic rings. The van der Waals surface area contributed by atoms with E-state index in [-0.39, 0.29) is 17.9 Å². The standard InChI is InChI=1S/C32H19Cl4NO4/c33-19-13-12-18(25(34)15-19)16-41-30(40)17-6-5-7-20(14-17)37-28(38)26-27(29(37)39)32(36)22-9-2-1-8-21(22)31(26,35)23-10-3-4-11-24(23)32/h1-15,26-27H,16H2/t26-,27-,31?,32?/m0/s1. The number of hydrogen-bond acceptors (Lipinski definition) is 4. The lowest BCUT2D eigenvalue weighted by atomic mass is 9.54. The van der Waals surface area contributed by atoms with Gasteiger partial charge in [-0.05, 0) is 52.6 Å². The molecule has 1 saturated heterocycles. The first-order valence-corrected chi connectivity index (χ1v) is 14.3. The molecule has 3 aliphatic carbocycles. The van der Waals surface area contributed by atoms with Gasteiger partial charge in [0.05, 0.1) is 23.1 Å². The zero-order chi connectivity index (χ0) is 28.7. The van der Waals surface area contributed by atoms with Crippen molar-refractivity contribution in [2.24, 2.45) is 11.8 Å². The molecular weight excluding hydrogens is 604 g/mol. The summed E-state index contributed by atoms with van der Waals surface area (Å²) < 4.78 is 5.46. The van der Waals surface area contributed by atoms with E-state index in [1.807, 2.05) is 48.5 Å². The van der Waals surface area contributed by atoms with Crippen molar-refractivity contribution in [1.29, 1.82) is 0 Å². The number of imide groups is 1. The van der Waals surface area contributed by atoms with E-state index < -0.39 is 39.4 Å². The summed E-state index contributed by atoms with van der Waals surface area (Å²) in [7, 11) is 0. The van der Waals surface area contributed by atoms with E-state index in [9.17, 15) is 14.4 Å². The van der Waals surface area contributed by atoms with Crippen LogP contribution >= 0.6 is 46.4 Å². The summed E-state index contributed by atoms with van der Waals surface area (Å²) >= 11 is 27.1. The molecule has 4 aromatic carbocycles. The van der Waals surface area contributed by atoms with Crippen LogP contribution in [0.1, 0.15) is 38.2 Å². The summed E-state index contributed by atoms with van der Waals surface area (Å²) in [6, 6.07) is 26.0. The van der Waals surface area contributed by atoms with Crippen molar-refractivity contribution >= 4 is 69.9 Å². The zero-order valence-electron chi connectivity index (χ0n) is 21.1. The number of hydrogen-bond donors (Lipinski definition) is 0. The monoisotopic (exact) mass is 621 g/mol. The van der Waals surface area contributed by atoms with Gasteiger partial charge >= 0.3 is 5.97 Å². The van der Waals surface area contributed by atoms with Crippen molar-refractivity contribution in [3.05, 3.63) is 134 Å². The van der Waals surface area contributed by atoms with Gasteiger partial charge in [0.2, 0.25) is 11.8 Å². The molecule has 1 aliphatic heterocycles. The maximum atomic E-state index is 14.2. The lowest BCUT2D eigenvalue weighted by molar-refractivity contribution is -0.122. The number of ether oxygens (including phenoxy) is 1. The van der Waals surface area contributed by atoms with E-state index in [2.05, 4.69) is 0 Å². The van der Waals surface area contributed by atoms with Gasteiger partial charge in [0.15, 0.2) is 0 Å². The normalized spacial score (nSPS) is 25.5. The molecule has 9 heteroatoms. The van der Waals surface area contributed by atoms with Crippen LogP contribution in [0.2, 0.25) is 10.0 Å². The predicted molar refractivity (Wildman–Crippen MR) is 158 cm³/mol. The smallest absolute Gasteiger partial charge is 0.338 e. The van der Waals surface area contributed by atoms with E-state index >= 15 is 0 Å². The number of carbonyl (C=O) groups excluding carboxylic acids is 3. The van der Waals surface area contributed by atoms with Crippen LogP contribution in [-0.4, -0.2) is 17.8 Å². The average molecular weight is 623 g/mol. The van der Waals surface area contributed by atoms with Crippen LogP contribution in [-0.2, 0) is 30.7 Å². The summed E-state index contributed by atoms with van der Waals surface area (Å²) in [5.41, 5.74) is 3.87. The molecule has 2 amide bonds. The highest BCUT2D eigenvalue weighted by Gasteiger charge is 2.73. The number of amides is 2. The van der Waals surface area contributed by atoms with Crippen LogP contribution in [0.25, 0.3) is 0 Å². The van der Waals surface area contributed by atoms with Gasteiger partial charge in [-0.15, -0.1) is 23.2 Å². The Morgan fingerprint density at radius 2 is 1.27 bits per heavy atom. The summed E-state index contributed by atoms with van der Waals surface area (Å²) in [6.45, 7) is -0.0785. The summed E-state index contributed by atoms with van der Waals surface area (Å²) in [5.74, 6) is -3.47. The third kappa shape index (κ3) is 3.59. The molecule has 0 saturated carbocycles. The van der Waals surface area contributed by atoms with Crippen LogP contribution in [0.5, 0.6) is 0 Å². The quantitative estimate of drug-likeness (QED) is 0.135. The highest BCUT2D eigenvalue weighted by molar-refractivity contribution is 6.39. The lowest BCUT2D eigenvalue weighted by Gasteiger charge is -2.54. The maximum absolute atomic E-state index is 14.2. The van der Waals surface area contributed by atoms with Crippen molar-refractivity contribution in [2.45, 2.75) is 16.4 Å². The van der Waals surface area contributed by atoms with Crippen LogP contribution < -0.4 is 4.90 Å². The first kappa shape index (κ1) is 26.5. The number of nitrogens with zero attached hydrogens (tertiary/aromatic N) is 1. The third-order valence-corrected chi connectivity index (χ3v) is 10.2. The fraction of sp³-hybridized carbons (Fsp3) is 0.156. The SMILES string of the molecule is O=C(OCc1ccc(Cl)cc1Cl)c1cccc(N2C(=O)[C@@H]3[C@@H](C2=O)C2(Cl)c4ccccc4C3(Cl)c3ccccc32)c1.